The minimum absolute atomic E-state index is 0.0244. The monoisotopic (exact) mass is 313 g/mol. The average molecular weight is 314 g/mol. The normalized spacial score (nSPS) is 15.4. The van der Waals surface area contributed by atoms with E-state index in [0.717, 1.165) is 23.1 Å². The Kier molecular flexibility index (Phi) is 5.83. The molecule has 0 spiro atoms. The molecule has 2 unspecified atom stereocenters. The van der Waals surface area contributed by atoms with Gasteiger partial charge in [-0.1, -0.05) is 54.9 Å². The SMILES string of the molecule is CC(N)C(OCCC(C)(C)C)c1ccccc1Br. The van der Waals surface area contributed by atoms with Gasteiger partial charge in [-0.2, -0.15) is 0 Å². The van der Waals surface area contributed by atoms with E-state index in [1.807, 2.05) is 25.1 Å². The maximum atomic E-state index is 6.04. The van der Waals surface area contributed by atoms with Crippen LogP contribution < -0.4 is 5.73 Å². The molecule has 1 aromatic carbocycles. The van der Waals surface area contributed by atoms with E-state index in [0.29, 0.717) is 0 Å². The highest BCUT2D eigenvalue weighted by Crippen LogP contribution is 2.29. The number of hydrogen-bond donors (Lipinski definition) is 1. The van der Waals surface area contributed by atoms with Gasteiger partial charge in [0.1, 0.15) is 0 Å². The van der Waals surface area contributed by atoms with Gasteiger partial charge in [-0.3, -0.25) is 0 Å². The molecule has 2 nitrogen and oxygen atoms in total. The van der Waals surface area contributed by atoms with Crippen molar-refractivity contribution >= 4 is 15.9 Å². The topological polar surface area (TPSA) is 35.2 Å². The van der Waals surface area contributed by atoms with Crippen LogP contribution >= 0.6 is 15.9 Å². The lowest BCUT2D eigenvalue weighted by molar-refractivity contribution is 0.0237. The second-order valence-corrected chi connectivity index (χ2v) is 6.84. The Morgan fingerprint density at radius 2 is 1.89 bits per heavy atom. The maximum Gasteiger partial charge on any atom is 0.0983 e. The molecule has 0 aliphatic carbocycles. The largest absolute Gasteiger partial charge is 0.372 e. The highest BCUT2D eigenvalue weighted by atomic mass is 79.9. The first-order valence-corrected chi connectivity index (χ1v) is 7.22. The number of halogens is 1. The molecule has 0 saturated heterocycles. The summed E-state index contributed by atoms with van der Waals surface area (Å²) in [7, 11) is 0. The van der Waals surface area contributed by atoms with Crippen molar-refractivity contribution in [1.29, 1.82) is 0 Å². The third-order valence-electron chi connectivity index (χ3n) is 2.84. The van der Waals surface area contributed by atoms with E-state index in [2.05, 4.69) is 42.8 Å². The van der Waals surface area contributed by atoms with Gasteiger partial charge in [-0.15, -0.1) is 0 Å². The third-order valence-corrected chi connectivity index (χ3v) is 3.56. The van der Waals surface area contributed by atoms with Gasteiger partial charge in [0, 0.05) is 17.1 Å². The van der Waals surface area contributed by atoms with Crippen molar-refractivity contribution in [3.05, 3.63) is 34.3 Å². The average Bonchev–Trinajstić information content (AvgIpc) is 2.24. The fourth-order valence-corrected chi connectivity index (χ4v) is 2.23. The summed E-state index contributed by atoms with van der Waals surface area (Å²) in [5.41, 5.74) is 7.46. The van der Waals surface area contributed by atoms with E-state index in [-0.39, 0.29) is 17.6 Å². The predicted molar refractivity (Wildman–Crippen MR) is 80.6 cm³/mol. The molecule has 0 fully saturated rings. The van der Waals surface area contributed by atoms with Crippen LogP contribution in [0.1, 0.15) is 45.8 Å². The zero-order chi connectivity index (χ0) is 13.8. The zero-order valence-electron chi connectivity index (χ0n) is 11.7. The lowest BCUT2D eigenvalue weighted by Gasteiger charge is -2.25. The number of rotatable bonds is 5. The summed E-state index contributed by atoms with van der Waals surface area (Å²) in [6.07, 6.45) is 0.976. The van der Waals surface area contributed by atoms with Crippen LogP contribution in [0, 0.1) is 5.41 Å². The molecule has 0 amide bonds. The minimum Gasteiger partial charge on any atom is -0.372 e. The molecule has 0 aliphatic heterocycles. The van der Waals surface area contributed by atoms with Crippen LogP contribution in [0.4, 0.5) is 0 Å². The summed E-state index contributed by atoms with van der Waals surface area (Å²) in [5.74, 6) is 0. The first-order chi connectivity index (χ1) is 8.31. The Morgan fingerprint density at radius 3 is 2.39 bits per heavy atom. The highest BCUT2D eigenvalue weighted by molar-refractivity contribution is 9.10. The van der Waals surface area contributed by atoms with E-state index < -0.39 is 0 Å². The Balaban J connectivity index is 2.70. The van der Waals surface area contributed by atoms with Gasteiger partial charge >= 0.3 is 0 Å². The van der Waals surface area contributed by atoms with Crippen molar-refractivity contribution in [2.45, 2.75) is 46.3 Å². The van der Waals surface area contributed by atoms with Gasteiger partial charge in [-0.05, 0) is 30.4 Å². The molecule has 0 saturated carbocycles. The molecule has 1 aromatic rings. The van der Waals surface area contributed by atoms with Crippen LogP contribution in [-0.2, 0) is 4.74 Å². The van der Waals surface area contributed by atoms with Crippen molar-refractivity contribution < 1.29 is 4.74 Å². The molecule has 0 radical (unpaired) electrons. The molecule has 2 atom stereocenters. The standard InChI is InChI=1S/C15H24BrNO/c1-11(17)14(18-10-9-15(2,3)4)12-7-5-6-8-13(12)16/h5-8,11,14H,9-10,17H2,1-4H3. The first-order valence-electron chi connectivity index (χ1n) is 6.43. The van der Waals surface area contributed by atoms with Crippen LogP contribution in [0.5, 0.6) is 0 Å². The van der Waals surface area contributed by atoms with Crippen molar-refractivity contribution in [3.8, 4) is 0 Å². The second kappa shape index (κ2) is 6.69. The van der Waals surface area contributed by atoms with Gasteiger partial charge in [0.2, 0.25) is 0 Å². The van der Waals surface area contributed by atoms with Crippen LogP contribution in [-0.4, -0.2) is 12.6 Å². The molecule has 0 aliphatic rings. The molecule has 3 heteroatoms. The van der Waals surface area contributed by atoms with Crippen molar-refractivity contribution in [2.24, 2.45) is 11.1 Å². The van der Waals surface area contributed by atoms with Crippen molar-refractivity contribution in [2.75, 3.05) is 6.61 Å². The number of ether oxygens (including phenoxy) is 1. The van der Waals surface area contributed by atoms with Gasteiger partial charge < -0.3 is 10.5 Å². The fourth-order valence-electron chi connectivity index (χ4n) is 1.72. The van der Waals surface area contributed by atoms with Crippen molar-refractivity contribution in [3.63, 3.8) is 0 Å². The van der Waals surface area contributed by atoms with Crippen molar-refractivity contribution in [1.82, 2.24) is 0 Å². The zero-order valence-corrected chi connectivity index (χ0v) is 13.3. The molecule has 0 bridgehead atoms. The Hall–Kier alpha value is -0.380. The van der Waals surface area contributed by atoms with Crippen LogP contribution in [0.3, 0.4) is 0 Å². The number of benzene rings is 1. The molecule has 0 aromatic heterocycles. The Labute approximate surface area is 119 Å². The first kappa shape index (κ1) is 15.7. The molecule has 2 N–H and O–H groups in total. The summed E-state index contributed by atoms with van der Waals surface area (Å²) in [6.45, 7) is 9.37. The molecule has 1 rings (SSSR count). The van der Waals surface area contributed by atoms with E-state index in [9.17, 15) is 0 Å². The van der Waals surface area contributed by atoms with E-state index in [4.69, 9.17) is 10.5 Å². The summed E-state index contributed by atoms with van der Waals surface area (Å²) >= 11 is 3.56. The maximum absolute atomic E-state index is 6.04. The van der Waals surface area contributed by atoms with Crippen LogP contribution in [0.2, 0.25) is 0 Å². The van der Waals surface area contributed by atoms with Gasteiger partial charge in [0.25, 0.3) is 0 Å². The highest BCUT2D eigenvalue weighted by Gasteiger charge is 2.20. The predicted octanol–water partition coefficient (Wildman–Crippen LogP) is 4.29. The fraction of sp³-hybridized carbons (Fsp3) is 0.600. The van der Waals surface area contributed by atoms with Crippen LogP contribution in [0.15, 0.2) is 28.7 Å². The van der Waals surface area contributed by atoms with Gasteiger partial charge in [-0.25, -0.2) is 0 Å². The summed E-state index contributed by atoms with van der Waals surface area (Å²) in [4.78, 5) is 0. The van der Waals surface area contributed by atoms with Gasteiger partial charge in [0.15, 0.2) is 0 Å². The third kappa shape index (κ3) is 5.09. The molecule has 0 heterocycles. The smallest absolute Gasteiger partial charge is 0.0983 e. The number of hydrogen-bond acceptors (Lipinski definition) is 2. The lowest BCUT2D eigenvalue weighted by Crippen LogP contribution is -2.28. The molecular formula is C15H24BrNO. The Bertz CT molecular complexity index is 371. The van der Waals surface area contributed by atoms with Crippen LogP contribution in [0.25, 0.3) is 0 Å². The molecule has 18 heavy (non-hydrogen) atoms. The number of nitrogens with two attached hydrogens (primary N) is 1. The second-order valence-electron chi connectivity index (χ2n) is 5.98. The quantitative estimate of drug-likeness (QED) is 0.880. The van der Waals surface area contributed by atoms with E-state index in [1.165, 1.54) is 0 Å². The van der Waals surface area contributed by atoms with E-state index >= 15 is 0 Å². The minimum atomic E-state index is -0.0528. The summed E-state index contributed by atoms with van der Waals surface area (Å²) in [6, 6.07) is 8.08. The van der Waals surface area contributed by atoms with E-state index in [1.54, 1.807) is 0 Å². The Morgan fingerprint density at radius 1 is 1.28 bits per heavy atom. The lowest BCUT2D eigenvalue weighted by atomic mass is 9.93. The molecule has 102 valence electrons. The summed E-state index contributed by atoms with van der Waals surface area (Å²) < 4.78 is 7.05. The molecular weight excluding hydrogens is 290 g/mol. The summed E-state index contributed by atoms with van der Waals surface area (Å²) in [5, 5.41) is 0. The van der Waals surface area contributed by atoms with Gasteiger partial charge in [0.05, 0.1) is 6.10 Å².